The summed E-state index contributed by atoms with van der Waals surface area (Å²) in [5.74, 6) is 0. The first-order valence-corrected chi connectivity index (χ1v) is 5.13. The molecule has 0 radical (unpaired) electrons. The smallest absolute Gasteiger partial charge is 0.103 e. The van der Waals surface area contributed by atoms with Crippen LogP contribution in [0.5, 0.6) is 0 Å². The Bertz CT molecular complexity index is 283. The molecule has 2 nitrogen and oxygen atoms in total. The first-order chi connectivity index (χ1) is 6.58. The Morgan fingerprint density at radius 2 is 2.14 bits per heavy atom. The number of nitrogens with one attached hydrogen (secondary N) is 1. The lowest BCUT2D eigenvalue weighted by Gasteiger charge is -2.15. The van der Waals surface area contributed by atoms with E-state index in [1.165, 1.54) is 16.0 Å². The van der Waals surface area contributed by atoms with Gasteiger partial charge in [-0.15, -0.1) is 0 Å². The number of rotatable bonds is 4. The first-order valence-electron chi connectivity index (χ1n) is 5.13. The Balaban J connectivity index is 2.51. The Morgan fingerprint density at radius 1 is 1.43 bits per heavy atom. The Labute approximate surface area is 86.2 Å². The SMILES string of the molecule is Cc1cccc(C[NH+](C)CC(C)O)c1. The van der Waals surface area contributed by atoms with Gasteiger partial charge in [0.05, 0.1) is 7.05 Å². The number of quaternary nitrogens is 1. The largest absolute Gasteiger partial charge is 0.388 e. The Hall–Kier alpha value is -0.860. The zero-order valence-corrected chi connectivity index (χ0v) is 9.25. The van der Waals surface area contributed by atoms with Gasteiger partial charge in [0.1, 0.15) is 19.2 Å². The second-order valence-corrected chi connectivity index (χ2v) is 4.18. The molecule has 0 aliphatic rings. The van der Waals surface area contributed by atoms with Gasteiger partial charge in [-0.1, -0.05) is 29.8 Å². The molecule has 0 fully saturated rings. The van der Waals surface area contributed by atoms with E-state index in [0.29, 0.717) is 0 Å². The summed E-state index contributed by atoms with van der Waals surface area (Å²) in [5.41, 5.74) is 2.63. The third kappa shape index (κ3) is 3.90. The van der Waals surface area contributed by atoms with Crippen LogP contribution in [-0.2, 0) is 6.54 Å². The summed E-state index contributed by atoms with van der Waals surface area (Å²) >= 11 is 0. The van der Waals surface area contributed by atoms with Crippen molar-refractivity contribution in [1.29, 1.82) is 0 Å². The van der Waals surface area contributed by atoms with Crippen molar-refractivity contribution in [1.82, 2.24) is 0 Å². The highest BCUT2D eigenvalue weighted by Gasteiger charge is 2.06. The molecule has 14 heavy (non-hydrogen) atoms. The molecule has 1 aromatic rings. The topological polar surface area (TPSA) is 24.7 Å². The molecule has 2 unspecified atom stereocenters. The lowest BCUT2D eigenvalue weighted by molar-refractivity contribution is -0.896. The summed E-state index contributed by atoms with van der Waals surface area (Å²) in [6.45, 7) is 5.72. The summed E-state index contributed by atoms with van der Waals surface area (Å²) in [4.78, 5) is 1.34. The van der Waals surface area contributed by atoms with Gasteiger partial charge in [-0.2, -0.15) is 0 Å². The van der Waals surface area contributed by atoms with Crippen molar-refractivity contribution in [2.75, 3.05) is 13.6 Å². The van der Waals surface area contributed by atoms with Crippen molar-refractivity contribution in [3.63, 3.8) is 0 Å². The highest BCUT2D eigenvalue weighted by atomic mass is 16.3. The number of aryl methyl sites for hydroxylation is 1. The van der Waals surface area contributed by atoms with Crippen molar-refractivity contribution in [3.05, 3.63) is 35.4 Å². The maximum Gasteiger partial charge on any atom is 0.103 e. The first kappa shape index (κ1) is 11.2. The monoisotopic (exact) mass is 194 g/mol. The molecule has 0 heterocycles. The van der Waals surface area contributed by atoms with E-state index in [0.717, 1.165) is 13.1 Å². The van der Waals surface area contributed by atoms with Gasteiger partial charge in [0.2, 0.25) is 0 Å². The molecular formula is C12H20NO+. The number of aliphatic hydroxyl groups excluding tert-OH is 1. The van der Waals surface area contributed by atoms with Gasteiger partial charge in [-0.25, -0.2) is 0 Å². The van der Waals surface area contributed by atoms with Crippen LogP contribution in [0.3, 0.4) is 0 Å². The predicted molar refractivity (Wildman–Crippen MR) is 58.3 cm³/mol. The molecule has 2 N–H and O–H groups in total. The maximum absolute atomic E-state index is 9.23. The fourth-order valence-electron chi connectivity index (χ4n) is 1.75. The zero-order chi connectivity index (χ0) is 10.6. The average Bonchev–Trinajstić information content (AvgIpc) is 2.01. The van der Waals surface area contributed by atoms with E-state index in [2.05, 4.69) is 38.2 Å². The van der Waals surface area contributed by atoms with Crippen LogP contribution in [0.1, 0.15) is 18.1 Å². The predicted octanol–water partition coefficient (Wildman–Crippen LogP) is 0.391. The van der Waals surface area contributed by atoms with E-state index in [1.807, 2.05) is 6.92 Å². The summed E-state index contributed by atoms with van der Waals surface area (Å²) in [7, 11) is 2.11. The van der Waals surface area contributed by atoms with Crippen LogP contribution in [0.4, 0.5) is 0 Å². The highest BCUT2D eigenvalue weighted by Crippen LogP contribution is 2.01. The quantitative estimate of drug-likeness (QED) is 0.712. The molecule has 2 heteroatoms. The molecule has 1 aromatic carbocycles. The van der Waals surface area contributed by atoms with Crippen molar-refractivity contribution in [2.24, 2.45) is 0 Å². The molecule has 0 amide bonds. The number of benzene rings is 1. The summed E-state index contributed by atoms with van der Waals surface area (Å²) < 4.78 is 0. The second kappa shape index (κ2) is 5.13. The van der Waals surface area contributed by atoms with Crippen LogP contribution in [0.2, 0.25) is 0 Å². The standard InChI is InChI=1S/C12H19NO/c1-10-5-4-6-12(7-10)9-13(3)8-11(2)14/h4-7,11,14H,8-9H2,1-3H3/p+1. The minimum atomic E-state index is -0.222. The molecule has 0 aromatic heterocycles. The molecule has 0 aliphatic heterocycles. The Morgan fingerprint density at radius 3 is 2.71 bits per heavy atom. The van der Waals surface area contributed by atoms with Gasteiger partial charge in [0.15, 0.2) is 0 Å². The fraction of sp³-hybridized carbons (Fsp3) is 0.500. The van der Waals surface area contributed by atoms with Crippen molar-refractivity contribution < 1.29 is 10.0 Å². The number of aliphatic hydroxyl groups is 1. The van der Waals surface area contributed by atoms with Gasteiger partial charge in [-0.05, 0) is 13.8 Å². The molecule has 0 saturated heterocycles. The summed E-state index contributed by atoms with van der Waals surface area (Å²) in [6.07, 6.45) is -0.222. The van der Waals surface area contributed by atoms with Gasteiger partial charge < -0.3 is 10.0 Å². The molecule has 0 bridgehead atoms. The van der Waals surface area contributed by atoms with Crippen LogP contribution in [-0.4, -0.2) is 24.8 Å². The molecule has 0 saturated carbocycles. The van der Waals surface area contributed by atoms with Gasteiger partial charge in [0, 0.05) is 5.56 Å². The van der Waals surface area contributed by atoms with E-state index in [4.69, 9.17) is 0 Å². The van der Waals surface area contributed by atoms with Crippen molar-refractivity contribution in [3.8, 4) is 0 Å². The number of likely N-dealkylation sites (N-methyl/N-ethyl adjacent to an activating group) is 1. The van der Waals surface area contributed by atoms with Gasteiger partial charge in [-0.3, -0.25) is 0 Å². The second-order valence-electron chi connectivity index (χ2n) is 4.18. The van der Waals surface area contributed by atoms with Crippen molar-refractivity contribution >= 4 is 0 Å². The minimum absolute atomic E-state index is 0.222. The molecule has 2 atom stereocenters. The molecule has 0 aliphatic carbocycles. The van der Waals surface area contributed by atoms with Crippen LogP contribution in [0, 0.1) is 6.92 Å². The van der Waals surface area contributed by atoms with Gasteiger partial charge in [0.25, 0.3) is 0 Å². The highest BCUT2D eigenvalue weighted by molar-refractivity contribution is 5.21. The summed E-state index contributed by atoms with van der Waals surface area (Å²) in [6, 6.07) is 8.53. The van der Waals surface area contributed by atoms with Crippen LogP contribution in [0.15, 0.2) is 24.3 Å². The average molecular weight is 194 g/mol. The molecule has 78 valence electrons. The normalized spacial score (nSPS) is 15.1. The van der Waals surface area contributed by atoms with E-state index in [-0.39, 0.29) is 6.10 Å². The molecular weight excluding hydrogens is 174 g/mol. The van der Waals surface area contributed by atoms with Crippen LogP contribution >= 0.6 is 0 Å². The van der Waals surface area contributed by atoms with E-state index < -0.39 is 0 Å². The number of hydrogen-bond donors (Lipinski definition) is 2. The zero-order valence-electron chi connectivity index (χ0n) is 9.25. The number of hydrogen-bond acceptors (Lipinski definition) is 1. The van der Waals surface area contributed by atoms with E-state index in [9.17, 15) is 5.11 Å². The lowest BCUT2D eigenvalue weighted by atomic mass is 10.1. The molecule has 1 rings (SSSR count). The van der Waals surface area contributed by atoms with Crippen molar-refractivity contribution in [2.45, 2.75) is 26.5 Å². The molecule has 0 spiro atoms. The van der Waals surface area contributed by atoms with Crippen LogP contribution < -0.4 is 4.90 Å². The van der Waals surface area contributed by atoms with Crippen LogP contribution in [0.25, 0.3) is 0 Å². The Kier molecular flexibility index (Phi) is 4.11. The lowest BCUT2D eigenvalue weighted by Crippen LogP contribution is -3.08. The van der Waals surface area contributed by atoms with E-state index >= 15 is 0 Å². The fourth-order valence-corrected chi connectivity index (χ4v) is 1.75. The maximum atomic E-state index is 9.23. The third-order valence-corrected chi connectivity index (χ3v) is 2.23. The third-order valence-electron chi connectivity index (χ3n) is 2.23. The van der Waals surface area contributed by atoms with E-state index in [1.54, 1.807) is 0 Å². The summed E-state index contributed by atoms with van der Waals surface area (Å²) in [5, 5.41) is 9.23. The minimum Gasteiger partial charge on any atom is -0.388 e. The van der Waals surface area contributed by atoms with Gasteiger partial charge >= 0.3 is 0 Å².